The van der Waals surface area contributed by atoms with Crippen LogP contribution in [0.1, 0.15) is 64.2 Å². The Morgan fingerprint density at radius 1 is 0.577 bits per heavy atom. The van der Waals surface area contributed by atoms with Crippen LogP contribution >= 0.6 is 0 Å². The highest BCUT2D eigenvalue weighted by molar-refractivity contribution is 4.85. The monoisotopic (exact) mass is 374 g/mol. The third-order valence-corrected chi connectivity index (χ3v) is 4.70. The van der Waals surface area contributed by atoms with Crippen molar-refractivity contribution in [1.29, 1.82) is 0 Å². The van der Waals surface area contributed by atoms with Gasteiger partial charge in [-0.1, -0.05) is 44.3 Å². The van der Waals surface area contributed by atoms with E-state index in [1.54, 1.807) is 5.06 Å². The van der Waals surface area contributed by atoms with Gasteiger partial charge in [0.1, 0.15) is 0 Å². The third-order valence-electron chi connectivity index (χ3n) is 4.70. The largest absolute Gasteiger partial charge is 0.297 e. The van der Waals surface area contributed by atoms with Crippen LogP contribution in [0.2, 0.25) is 0 Å². The molecular weight excluding hydrogens is 340 g/mol. The highest BCUT2D eigenvalue weighted by Crippen LogP contribution is 2.10. The zero-order valence-corrected chi connectivity index (χ0v) is 15.8. The fraction of sp³-hybridized carbons (Fsp3) is 0.889. The van der Waals surface area contributed by atoms with Gasteiger partial charge >= 0.3 is 0 Å². The van der Waals surface area contributed by atoms with Gasteiger partial charge in [0.15, 0.2) is 0 Å². The first-order chi connectivity index (χ1) is 12.9. The third kappa shape index (κ3) is 11.2. The van der Waals surface area contributed by atoms with E-state index >= 15 is 0 Å². The number of nitrogens with zero attached hydrogens (tertiary/aromatic N) is 2. The van der Waals surface area contributed by atoms with Crippen molar-refractivity contribution in [3.8, 4) is 0 Å². The predicted molar refractivity (Wildman–Crippen MR) is 94.7 cm³/mol. The Hall–Kier alpha value is -0.580. The molecular formula is C18H34N2O6. The number of hydrogen-bond acceptors (Lipinski definition) is 8. The number of rotatable bonds is 0. The van der Waals surface area contributed by atoms with Gasteiger partial charge in [0.2, 0.25) is 0 Å². The minimum atomic E-state index is 0.379. The van der Waals surface area contributed by atoms with E-state index in [-0.39, 0.29) is 0 Å². The van der Waals surface area contributed by atoms with Crippen LogP contribution in [0.25, 0.3) is 0 Å². The van der Waals surface area contributed by atoms with Gasteiger partial charge < -0.3 is 0 Å². The molecule has 2 unspecified atom stereocenters. The van der Waals surface area contributed by atoms with E-state index in [2.05, 4.69) is 37.2 Å². The van der Waals surface area contributed by atoms with E-state index in [1.165, 1.54) is 38.5 Å². The second-order valence-electron chi connectivity index (χ2n) is 6.84. The fourth-order valence-corrected chi connectivity index (χ4v) is 3.18. The van der Waals surface area contributed by atoms with E-state index in [0.717, 1.165) is 58.4 Å². The molecule has 3 aliphatic heterocycles. The van der Waals surface area contributed by atoms with Gasteiger partial charge in [0.25, 0.3) is 0 Å². The fourth-order valence-electron chi connectivity index (χ4n) is 3.18. The molecule has 3 aliphatic rings. The minimum absolute atomic E-state index is 0.379. The molecule has 2 atom stereocenters. The average Bonchev–Trinajstić information content (AvgIpc) is 2.65. The van der Waals surface area contributed by atoms with Gasteiger partial charge in [-0.05, 0) is 58.8 Å². The molecule has 0 saturated carbocycles. The maximum atomic E-state index is 5.15. The summed E-state index contributed by atoms with van der Waals surface area (Å²) in [6.07, 6.45) is 16.3. The molecule has 2 bridgehead atoms. The van der Waals surface area contributed by atoms with E-state index in [9.17, 15) is 0 Å². The second-order valence-corrected chi connectivity index (χ2v) is 6.84. The Morgan fingerprint density at radius 2 is 1.27 bits per heavy atom. The van der Waals surface area contributed by atoms with Crippen molar-refractivity contribution in [2.24, 2.45) is 0 Å². The Labute approximate surface area is 156 Å². The summed E-state index contributed by atoms with van der Waals surface area (Å²) in [7, 11) is 0. The molecule has 0 spiro atoms. The van der Waals surface area contributed by atoms with Gasteiger partial charge in [0.05, 0.1) is 6.61 Å². The maximum Gasteiger partial charge on any atom is 0.0982 e. The molecule has 8 heteroatoms. The molecule has 0 radical (unpaired) electrons. The van der Waals surface area contributed by atoms with Crippen LogP contribution in [0.3, 0.4) is 0 Å². The standard InChI is InChI=1S/C18H34N2O6/c1-3-7-11-15-20-16-12-8-4-2-6-10-14-19(13-9-5-1)17-18-21-23-25-26-24-22-20/h5,9H,1-4,6-8,10-18H2/b9-5-. The van der Waals surface area contributed by atoms with E-state index in [0.29, 0.717) is 6.61 Å². The normalized spacial score (nSPS) is 31.1. The molecule has 26 heavy (non-hydrogen) atoms. The topological polar surface area (TPSA) is 61.9 Å². The van der Waals surface area contributed by atoms with Crippen molar-refractivity contribution in [1.82, 2.24) is 9.96 Å². The average molecular weight is 374 g/mol. The Bertz CT molecular complexity index is 339. The van der Waals surface area contributed by atoms with Crippen LogP contribution in [-0.2, 0) is 30.0 Å². The Kier molecular flexibility index (Phi) is 12.9. The lowest BCUT2D eigenvalue weighted by molar-refractivity contribution is -0.773. The first kappa shape index (κ1) is 21.7. The summed E-state index contributed by atoms with van der Waals surface area (Å²) in [4.78, 5) is 12.5. The van der Waals surface area contributed by atoms with Crippen molar-refractivity contribution in [2.45, 2.75) is 64.2 Å². The van der Waals surface area contributed by atoms with Gasteiger partial charge in [-0.25, -0.2) is 4.89 Å². The molecule has 1 fully saturated rings. The van der Waals surface area contributed by atoms with Crippen LogP contribution in [0.4, 0.5) is 0 Å². The van der Waals surface area contributed by atoms with Gasteiger partial charge in [-0.15, -0.1) is 4.99 Å². The van der Waals surface area contributed by atoms with Crippen LogP contribution in [0, 0.1) is 0 Å². The molecule has 0 N–H and O–H groups in total. The van der Waals surface area contributed by atoms with Crippen LogP contribution < -0.4 is 0 Å². The Balaban J connectivity index is 1.91. The van der Waals surface area contributed by atoms with Gasteiger partial charge in [-0.2, -0.15) is 5.06 Å². The molecule has 0 aromatic rings. The van der Waals surface area contributed by atoms with Gasteiger partial charge in [-0.3, -0.25) is 4.90 Å². The van der Waals surface area contributed by atoms with Crippen molar-refractivity contribution in [3.63, 3.8) is 0 Å². The summed E-state index contributed by atoms with van der Waals surface area (Å²) in [6.45, 7) is 4.73. The molecule has 0 amide bonds. The minimum Gasteiger partial charge on any atom is -0.297 e. The Morgan fingerprint density at radius 3 is 2.12 bits per heavy atom. The summed E-state index contributed by atoms with van der Waals surface area (Å²) in [5, 5.41) is 19.5. The van der Waals surface area contributed by atoms with E-state index in [4.69, 9.17) is 9.88 Å². The smallest absolute Gasteiger partial charge is 0.0982 e. The summed E-state index contributed by atoms with van der Waals surface area (Å²) in [5.41, 5.74) is 0. The highest BCUT2D eigenvalue weighted by atomic mass is 17.8. The molecule has 3 rings (SSSR count). The van der Waals surface area contributed by atoms with E-state index < -0.39 is 0 Å². The molecule has 8 nitrogen and oxygen atoms in total. The molecule has 1 saturated heterocycles. The van der Waals surface area contributed by atoms with Crippen molar-refractivity contribution in [2.75, 3.05) is 39.3 Å². The first-order valence-corrected chi connectivity index (χ1v) is 10.0. The lowest BCUT2D eigenvalue weighted by Crippen LogP contribution is -2.29. The molecule has 0 aromatic carbocycles. The summed E-state index contributed by atoms with van der Waals surface area (Å²) in [5.74, 6) is 0. The van der Waals surface area contributed by atoms with Gasteiger partial charge in [0, 0.05) is 26.2 Å². The van der Waals surface area contributed by atoms with Crippen LogP contribution in [-0.4, -0.2) is 49.3 Å². The van der Waals surface area contributed by atoms with Crippen molar-refractivity contribution in [3.05, 3.63) is 12.2 Å². The quantitative estimate of drug-likeness (QED) is 0.470. The molecule has 3 heterocycles. The number of hydroxylamine groups is 2. The maximum absolute atomic E-state index is 5.15. The number of fused-ring (bicyclic) bond motifs is 20. The molecule has 0 aliphatic carbocycles. The number of hydrogen-bond donors (Lipinski definition) is 0. The molecule has 152 valence electrons. The molecule has 0 aromatic heterocycles. The summed E-state index contributed by atoms with van der Waals surface area (Å²) < 4.78 is 0. The van der Waals surface area contributed by atoms with E-state index in [1.807, 2.05) is 0 Å². The van der Waals surface area contributed by atoms with Crippen LogP contribution in [0.5, 0.6) is 0 Å². The van der Waals surface area contributed by atoms with Crippen molar-refractivity contribution >= 4 is 0 Å². The first-order valence-electron chi connectivity index (χ1n) is 10.0. The zero-order chi connectivity index (χ0) is 18.1. The lowest BCUT2D eigenvalue weighted by Gasteiger charge is -2.21. The summed E-state index contributed by atoms with van der Waals surface area (Å²) >= 11 is 0. The lowest BCUT2D eigenvalue weighted by atomic mass is 10.1. The highest BCUT2D eigenvalue weighted by Gasteiger charge is 2.09. The second kappa shape index (κ2) is 15.5. The van der Waals surface area contributed by atoms with Crippen LogP contribution in [0.15, 0.2) is 12.2 Å². The predicted octanol–water partition coefficient (Wildman–Crippen LogP) is 3.66. The summed E-state index contributed by atoms with van der Waals surface area (Å²) in [6, 6.07) is 0. The van der Waals surface area contributed by atoms with Crippen molar-refractivity contribution < 1.29 is 30.0 Å². The zero-order valence-electron chi connectivity index (χ0n) is 15.8. The SMILES string of the molecule is C1=C\CN2CCCCCCCCN(CCCCC/1)OOOOOOCC2. The number of allylic oxidation sites excluding steroid dienone is 1.